The Labute approximate surface area is 76.6 Å². The lowest BCUT2D eigenvalue weighted by Crippen LogP contribution is -1.96. The molecule has 1 aromatic rings. The van der Waals surface area contributed by atoms with Crippen LogP contribution in [0.4, 0.5) is 4.39 Å². The van der Waals surface area contributed by atoms with Crippen molar-refractivity contribution in [3.05, 3.63) is 28.6 Å². The molecular weight excluding hydrogens is 169 g/mol. The fourth-order valence-corrected chi connectivity index (χ4v) is 1.20. The Kier molecular flexibility index (Phi) is 2.52. The van der Waals surface area contributed by atoms with Crippen molar-refractivity contribution >= 4 is 0 Å². The Hall–Kier alpha value is -1.56. The van der Waals surface area contributed by atoms with Crippen molar-refractivity contribution in [2.24, 2.45) is 0 Å². The van der Waals surface area contributed by atoms with Gasteiger partial charge in [-0.1, -0.05) is 0 Å². The van der Waals surface area contributed by atoms with Gasteiger partial charge < -0.3 is 4.74 Å². The van der Waals surface area contributed by atoms with Crippen LogP contribution in [0.25, 0.3) is 0 Å². The zero-order valence-corrected chi connectivity index (χ0v) is 7.81. The molecule has 0 saturated carbocycles. The zero-order chi connectivity index (χ0) is 10.0. The third-order valence-electron chi connectivity index (χ3n) is 2.14. The Morgan fingerprint density at radius 3 is 2.46 bits per heavy atom. The first-order valence-electron chi connectivity index (χ1n) is 3.85. The van der Waals surface area contributed by atoms with Gasteiger partial charge in [0.15, 0.2) is 0 Å². The van der Waals surface area contributed by atoms with Crippen molar-refractivity contribution in [1.29, 1.82) is 5.26 Å². The van der Waals surface area contributed by atoms with E-state index >= 15 is 0 Å². The molecule has 0 unspecified atom stereocenters. The molecule has 2 nitrogen and oxygen atoms in total. The number of hydrogen-bond acceptors (Lipinski definition) is 2. The predicted molar refractivity (Wildman–Crippen MR) is 47.1 cm³/mol. The highest BCUT2D eigenvalue weighted by Gasteiger charge is 2.11. The average molecular weight is 179 g/mol. The van der Waals surface area contributed by atoms with Gasteiger partial charge >= 0.3 is 0 Å². The topological polar surface area (TPSA) is 33.0 Å². The van der Waals surface area contributed by atoms with Crippen LogP contribution in [0.3, 0.4) is 0 Å². The summed E-state index contributed by atoms with van der Waals surface area (Å²) in [7, 11) is 1.48. The highest BCUT2D eigenvalue weighted by atomic mass is 19.1. The van der Waals surface area contributed by atoms with Gasteiger partial charge in [0.25, 0.3) is 0 Å². The molecule has 0 saturated heterocycles. The van der Waals surface area contributed by atoms with Crippen molar-refractivity contribution in [2.75, 3.05) is 7.11 Å². The monoisotopic (exact) mass is 179 g/mol. The van der Waals surface area contributed by atoms with Gasteiger partial charge in [-0.3, -0.25) is 0 Å². The first-order valence-corrected chi connectivity index (χ1v) is 3.85. The number of hydrogen-bond donors (Lipinski definition) is 0. The zero-order valence-electron chi connectivity index (χ0n) is 7.81. The van der Waals surface area contributed by atoms with E-state index in [2.05, 4.69) is 0 Å². The molecule has 0 spiro atoms. The summed E-state index contributed by atoms with van der Waals surface area (Å²) in [6.45, 7) is 3.51. The highest BCUT2D eigenvalue weighted by molar-refractivity contribution is 5.49. The van der Waals surface area contributed by atoms with Crippen LogP contribution in [0.5, 0.6) is 5.75 Å². The quantitative estimate of drug-likeness (QED) is 0.662. The SMILES string of the molecule is COc1cc(F)c(C#N)c(C)c1C. The maximum atomic E-state index is 13.2. The summed E-state index contributed by atoms with van der Waals surface area (Å²) in [6.07, 6.45) is 0. The van der Waals surface area contributed by atoms with Gasteiger partial charge in [-0.15, -0.1) is 0 Å². The van der Waals surface area contributed by atoms with Crippen molar-refractivity contribution in [1.82, 2.24) is 0 Å². The summed E-state index contributed by atoms with van der Waals surface area (Å²) in [5.41, 5.74) is 1.54. The molecule has 0 bridgehead atoms. The number of benzene rings is 1. The number of rotatable bonds is 1. The lowest BCUT2D eigenvalue weighted by molar-refractivity contribution is 0.407. The maximum Gasteiger partial charge on any atom is 0.144 e. The number of ether oxygens (including phenoxy) is 1. The summed E-state index contributed by atoms with van der Waals surface area (Å²) < 4.78 is 18.1. The van der Waals surface area contributed by atoms with Gasteiger partial charge in [-0.25, -0.2) is 4.39 Å². The van der Waals surface area contributed by atoms with Crippen molar-refractivity contribution < 1.29 is 9.13 Å². The van der Waals surface area contributed by atoms with Crippen LogP contribution in [0.2, 0.25) is 0 Å². The molecule has 0 aromatic heterocycles. The minimum absolute atomic E-state index is 0.0956. The molecule has 13 heavy (non-hydrogen) atoms. The lowest BCUT2D eigenvalue weighted by atomic mass is 10.0. The second-order valence-corrected chi connectivity index (χ2v) is 2.80. The average Bonchev–Trinajstić information content (AvgIpc) is 2.12. The van der Waals surface area contributed by atoms with Crippen LogP contribution in [0.1, 0.15) is 16.7 Å². The van der Waals surface area contributed by atoms with E-state index in [1.807, 2.05) is 6.07 Å². The Morgan fingerprint density at radius 2 is 2.00 bits per heavy atom. The minimum Gasteiger partial charge on any atom is -0.496 e. The molecule has 3 heteroatoms. The Bertz CT molecular complexity index is 379. The minimum atomic E-state index is -0.526. The van der Waals surface area contributed by atoms with E-state index in [1.54, 1.807) is 13.8 Å². The maximum absolute atomic E-state index is 13.2. The second kappa shape index (κ2) is 3.44. The normalized spacial score (nSPS) is 9.46. The fourth-order valence-electron chi connectivity index (χ4n) is 1.20. The molecule has 0 aliphatic carbocycles. The number of methoxy groups -OCH3 is 1. The predicted octanol–water partition coefficient (Wildman–Crippen LogP) is 2.32. The third kappa shape index (κ3) is 1.48. The van der Waals surface area contributed by atoms with Gasteiger partial charge in [0.2, 0.25) is 0 Å². The molecule has 0 radical (unpaired) electrons. The third-order valence-corrected chi connectivity index (χ3v) is 2.14. The molecule has 1 rings (SSSR count). The first-order chi connectivity index (χ1) is 6.11. The lowest BCUT2D eigenvalue weighted by Gasteiger charge is -2.09. The molecule has 0 aliphatic heterocycles. The Balaban J connectivity index is 3.48. The first kappa shape index (κ1) is 9.53. The summed E-state index contributed by atoms with van der Waals surface area (Å²) >= 11 is 0. The van der Waals surface area contributed by atoms with Gasteiger partial charge in [-0.05, 0) is 25.0 Å². The van der Waals surface area contributed by atoms with E-state index in [0.29, 0.717) is 11.3 Å². The fraction of sp³-hybridized carbons (Fsp3) is 0.300. The molecule has 1 aromatic carbocycles. The molecule has 0 atom stereocenters. The van der Waals surface area contributed by atoms with Crippen LogP contribution in [-0.4, -0.2) is 7.11 Å². The van der Waals surface area contributed by atoms with Crippen LogP contribution < -0.4 is 4.74 Å². The van der Waals surface area contributed by atoms with Crippen LogP contribution in [0.15, 0.2) is 6.07 Å². The number of nitriles is 1. The Morgan fingerprint density at radius 1 is 1.38 bits per heavy atom. The van der Waals surface area contributed by atoms with E-state index < -0.39 is 5.82 Å². The molecular formula is C10H10FNO. The van der Waals surface area contributed by atoms with Crippen molar-refractivity contribution in [3.63, 3.8) is 0 Å². The summed E-state index contributed by atoms with van der Waals surface area (Å²) in [6, 6.07) is 3.06. The van der Waals surface area contributed by atoms with Crippen LogP contribution in [-0.2, 0) is 0 Å². The standard InChI is InChI=1S/C10H10FNO/c1-6-7(2)10(13-3)4-9(11)8(6)5-12/h4H,1-3H3. The van der Waals surface area contributed by atoms with E-state index in [0.717, 1.165) is 5.56 Å². The van der Waals surface area contributed by atoms with E-state index in [1.165, 1.54) is 13.2 Å². The van der Waals surface area contributed by atoms with Gasteiger partial charge in [0, 0.05) is 6.07 Å². The second-order valence-electron chi connectivity index (χ2n) is 2.80. The number of halogens is 1. The van der Waals surface area contributed by atoms with Crippen molar-refractivity contribution in [3.8, 4) is 11.8 Å². The van der Waals surface area contributed by atoms with Gasteiger partial charge in [0.05, 0.1) is 12.7 Å². The number of nitrogens with zero attached hydrogens (tertiary/aromatic N) is 1. The molecule has 0 aliphatic rings. The van der Waals surface area contributed by atoms with Crippen LogP contribution in [0, 0.1) is 31.0 Å². The molecule has 68 valence electrons. The van der Waals surface area contributed by atoms with Gasteiger partial charge in [-0.2, -0.15) is 5.26 Å². The van der Waals surface area contributed by atoms with E-state index in [9.17, 15) is 4.39 Å². The van der Waals surface area contributed by atoms with E-state index in [4.69, 9.17) is 10.00 Å². The summed E-state index contributed by atoms with van der Waals surface area (Å²) in [5, 5.41) is 8.66. The highest BCUT2D eigenvalue weighted by Crippen LogP contribution is 2.25. The smallest absolute Gasteiger partial charge is 0.144 e. The molecule has 0 amide bonds. The molecule has 0 heterocycles. The van der Waals surface area contributed by atoms with Gasteiger partial charge in [0.1, 0.15) is 17.6 Å². The summed E-state index contributed by atoms with van der Waals surface area (Å²) in [4.78, 5) is 0. The molecule has 0 fully saturated rings. The summed E-state index contributed by atoms with van der Waals surface area (Å²) in [5.74, 6) is -0.0450. The largest absolute Gasteiger partial charge is 0.496 e. The van der Waals surface area contributed by atoms with Crippen LogP contribution >= 0.6 is 0 Å². The van der Waals surface area contributed by atoms with Crippen molar-refractivity contribution in [2.45, 2.75) is 13.8 Å². The molecule has 0 N–H and O–H groups in total. The van der Waals surface area contributed by atoms with E-state index in [-0.39, 0.29) is 5.56 Å².